The molecule has 0 saturated carbocycles. The quantitative estimate of drug-likeness (QED) is 0.466. The van der Waals surface area contributed by atoms with Gasteiger partial charge in [-0.05, 0) is 31.5 Å². The first-order chi connectivity index (χ1) is 13.4. The van der Waals surface area contributed by atoms with E-state index in [2.05, 4.69) is 15.5 Å². The van der Waals surface area contributed by atoms with Gasteiger partial charge in [0.15, 0.2) is 11.0 Å². The molecule has 0 fully saturated rings. The predicted molar refractivity (Wildman–Crippen MR) is 117 cm³/mol. The van der Waals surface area contributed by atoms with Crippen molar-refractivity contribution in [3.8, 4) is 11.4 Å². The Kier molecular flexibility index (Phi) is 6.88. The maximum absolute atomic E-state index is 12.4. The third kappa shape index (κ3) is 4.63. The number of hydrogen-bond donors (Lipinski definition) is 1. The third-order valence-electron chi connectivity index (χ3n) is 4.02. The Hall–Kier alpha value is -1.73. The highest BCUT2D eigenvalue weighted by Crippen LogP contribution is 2.34. The summed E-state index contributed by atoms with van der Waals surface area (Å²) in [5, 5.41) is 12.9. The van der Waals surface area contributed by atoms with Crippen molar-refractivity contribution < 1.29 is 4.79 Å². The molecule has 0 aliphatic heterocycles. The van der Waals surface area contributed by atoms with Gasteiger partial charge >= 0.3 is 0 Å². The van der Waals surface area contributed by atoms with E-state index in [9.17, 15) is 4.79 Å². The molecule has 0 aliphatic carbocycles. The number of aromatic nitrogens is 3. The fourth-order valence-electron chi connectivity index (χ4n) is 2.67. The van der Waals surface area contributed by atoms with E-state index >= 15 is 0 Å². The summed E-state index contributed by atoms with van der Waals surface area (Å²) in [6, 6.07) is 11.1. The lowest BCUT2D eigenvalue weighted by Gasteiger charge is -2.11. The molecule has 1 amide bonds. The summed E-state index contributed by atoms with van der Waals surface area (Å²) in [5.41, 5.74) is 2.48. The summed E-state index contributed by atoms with van der Waals surface area (Å²) in [5.74, 6) is 0.674. The molecule has 0 atom stereocenters. The monoisotopic (exact) mass is 454 g/mol. The minimum atomic E-state index is -0.251. The lowest BCUT2D eigenvalue weighted by molar-refractivity contribution is -0.113. The Labute approximate surface area is 182 Å². The first kappa shape index (κ1) is 21.0. The molecule has 3 rings (SSSR count). The molecule has 0 aliphatic rings. The highest BCUT2D eigenvalue weighted by atomic mass is 35.5. The Morgan fingerprint density at radius 1 is 1.14 bits per heavy atom. The second-order valence-electron chi connectivity index (χ2n) is 5.95. The van der Waals surface area contributed by atoms with Crippen LogP contribution in [0.5, 0.6) is 0 Å². The van der Waals surface area contributed by atoms with Crippen molar-refractivity contribution in [2.45, 2.75) is 25.5 Å². The number of aryl methyl sites for hydroxylation is 1. The zero-order valence-electron chi connectivity index (χ0n) is 15.2. The predicted octanol–water partition coefficient (Wildman–Crippen LogP) is 5.96. The van der Waals surface area contributed by atoms with Crippen molar-refractivity contribution in [3.63, 3.8) is 0 Å². The number of amides is 1. The molecule has 3 aromatic rings. The van der Waals surface area contributed by atoms with Crippen molar-refractivity contribution in [3.05, 3.63) is 57.0 Å². The smallest absolute Gasteiger partial charge is 0.234 e. The van der Waals surface area contributed by atoms with Crippen molar-refractivity contribution in [2.24, 2.45) is 0 Å². The number of anilines is 1. The van der Waals surface area contributed by atoms with E-state index in [1.54, 1.807) is 0 Å². The van der Waals surface area contributed by atoms with Crippen LogP contribution in [-0.2, 0) is 11.3 Å². The number of nitrogens with one attached hydrogen (secondary N) is 1. The molecule has 1 heterocycles. The van der Waals surface area contributed by atoms with Crippen LogP contribution in [-0.4, -0.2) is 26.4 Å². The maximum Gasteiger partial charge on any atom is 0.234 e. The molecule has 0 spiro atoms. The van der Waals surface area contributed by atoms with Crippen LogP contribution < -0.4 is 5.32 Å². The number of halogens is 3. The number of carbonyl (C=O) groups excluding carboxylic acids is 1. The number of hydrogen-bond acceptors (Lipinski definition) is 4. The minimum Gasteiger partial charge on any atom is -0.323 e. The van der Waals surface area contributed by atoms with E-state index in [4.69, 9.17) is 34.8 Å². The highest BCUT2D eigenvalue weighted by molar-refractivity contribution is 7.99. The average Bonchev–Trinajstić information content (AvgIpc) is 3.06. The van der Waals surface area contributed by atoms with Gasteiger partial charge in [-0.15, -0.1) is 10.2 Å². The van der Waals surface area contributed by atoms with Crippen molar-refractivity contribution in [1.82, 2.24) is 14.8 Å². The lowest BCUT2D eigenvalue weighted by Crippen LogP contribution is -2.15. The highest BCUT2D eigenvalue weighted by Gasteiger charge is 2.17. The fraction of sp³-hybridized carbons (Fsp3) is 0.211. The molecule has 2 aromatic carbocycles. The van der Waals surface area contributed by atoms with Crippen molar-refractivity contribution in [1.29, 1.82) is 0 Å². The van der Waals surface area contributed by atoms with E-state index in [0.29, 0.717) is 22.4 Å². The van der Waals surface area contributed by atoms with Crippen LogP contribution >= 0.6 is 46.6 Å². The number of nitrogens with zero attached hydrogens (tertiary/aromatic N) is 3. The van der Waals surface area contributed by atoms with E-state index in [-0.39, 0.29) is 21.7 Å². The summed E-state index contributed by atoms with van der Waals surface area (Å²) < 4.78 is 1.99. The van der Waals surface area contributed by atoms with Gasteiger partial charge in [0.25, 0.3) is 0 Å². The molecule has 146 valence electrons. The Balaban J connectivity index is 1.73. The van der Waals surface area contributed by atoms with Crippen LogP contribution in [0.25, 0.3) is 11.4 Å². The second-order valence-corrected chi connectivity index (χ2v) is 8.14. The first-order valence-electron chi connectivity index (χ1n) is 8.47. The third-order valence-corrected chi connectivity index (χ3v) is 5.80. The number of carbonyl (C=O) groups is 1. The number of thioether (sulfide) groups is 1. The summed E-state index contributed by atoms with van der Waals surface area (Å²) >= 11 is 19.4. The first-order valence-corrected chi connectivity index (χ1v) is 10.6. The van der Waals surface area contributed by atoms with Crippen LogP contribution in [0.4, 0.5) is 5.69 Å². The van der Waals surface area contributed by atoms with Gasteiger partial charge in [-0.3, -0.25) is 4.79 Å². The van der Waals surface area contributed by atoms with Crippen LogP contribution in [0.1, 0.15) is 12.5 Å². The van der Waals surface area contributed by atoms with Gasteiger partial charge < -0.3 is 9.88 Å². The number of benzene rings is 2. The van der Waals surface area contributed by atoms with E-state index in [1.807, 2.05) is 42.7 Å². The minimum absolute atomic E-state index is 0.140. The zero-order valence-corrected chi connectivity index (χ0v) is 18.3. The van der Waals surface area contributed by atoms with Gasteiger partial charge in [-0.2, -0.15) is 0 Å². The van der Waals surface area contributed by atoms with E-state index < -0.39 is 0 Å². The lowest BCUT2D eigenvalue weighted by atomic mass is 10.1. The van der Waals surface area contributed by atoms with Gasteiger partial charge in [-0.1, -0.05) is 70.8 Å². The van der Waals surface area contributed by atoms with Crippen LogP contribution in [0.3, 0.4) is 0 Å². The summed E-state index contributed by atoms with van der Waals surface area (Å²) in [7, 11) is 0. The molecule has 1 aromatic heterocycles. The van der Waals surface area contributed by atoms with Crippen LogP contribution in [0.15, 0.2) is 41.6 Å². The molecule has 0 bridgehead atoms. The molecular weight excluding hydrogens is 439 g/mol. The average molecular weight is 456 g/mol. The summed E-state index contributed by atoms with van der Waals surface area (Å²) in [6.07, 6.45) is 0. The van der Waals surface area contributed by atoms with Crippen molar-refractivity contribution >= 4 is 58.2 Å². The molecule has 0 radical (unpaired) electrons. The molecular formula is C19H17Cl3N4OS. The largest absolute Gasteiger partial charge is 0.323 e. The number of rotatable bonds is 6. The molecule has 28 heavy (non-hydrogen) atoms. The van der Waals surface area contributed by atoms with E-state index in [1.165, 1.54) is 23.9 Å². The van der Waals surface area contributed by atoms with Crippen LogP contribution in [0, 0.1) is 6.92 Å². The van der Waals surface area contributed by atoms with Gasteiger partial charge in [0, 0.05) is 17.1 Å². The van der Waals surface area contributed by atoms with Crippen molar-refractivity contribution in [2.75, 3.05) is 11.1 Å². The Morgan fingerprint density at radius 2 is 1.82 bits per heavy atom. The Morgan fingerprint density at radius 3 is 2.46 bits per heavy atom. The standard InChI is InChI=1S/C19H17Cl3N4OS/c1-3-26-18(13-7-5-4-6-11(13)2)24-25-19(26)28-10-16(27)23-17-14(21)8-12(20)9-15(17)22/h4-9H,3,10H2,1-2H3,(H,23,27). The van der Waals surface area contributed by atoms with Crippen LogP contribution in [0.2, 0.25) is 15.1 Å². The zero-order chi connectivity index (χ0) is 20.3. The SMILES string of the molecule is CCn1c(SCC(=O)Nc2c(Cl)cc(Cl)cc2Cl)nnc1-c1ccccc1C. The molecule has 0 saturated heterocycles. The van der Waals surface area contributed by atoms with Gasteiger partial charge in [0.1, 0.15) is 0 Å². The van der Waals surface area contributed by atoms with Gasteiger partial charge in [0.2, 0.25) is 5.91 Å². The Bertz CT molecular complexity index is 999. The molecule has 9 heteroatoms. The fourth-order valence-corrected chi connectivity index (χ4v) is 4.38. The summed E-state index contributed by atoms with van der Waals surface area (Å²) in [6.45, 7) is 4.74. The maximum atomic E-state index is 12.4. The van der Waals surface area contributed by atoms with Gasteiger partial charge in [-0.25, -0.2) is 0 Å². The topological polar surface area (TPSA) is 59.8 Å². The van der Waals surface area contributed by atoms with E-state index in [0.717, 1.165) is 17.0 Å². The normalized spacial score (nSPS) is 10.9. The molecule has 0 unspecified atom stereocenters. The second kappa shape index (κ2) is 9.18. The van der Waals surface area contributed by atoms with Gasteiger partial charge in [0.05, 0.1) is 21.5 Å². The molecule has 5 nitrogen and oxygen atoms in total. The molecule has 1 N–H and O–H groups in total. The summed E-state index contributed by atoms with van der Waals surface area (Å²) in [4.78, 5) is 12.4.